The first-order chi connectivity index (χ1) is 9.87. The molecule has 1 aromatic carbocycles. The Morgan fingerprint density at radius 3 is 2.62 bits per heavy atom. The van der Waals surface area contributed by atoms with E-state index in [0.717, 1.165) is 4.31 Å². The van der Waals surface area contributed by atoms with E-state index in [-0.39, 0.29) is 17.3 Å². The number of thiophene rings is 1. The molecule has 0 atom stereocenters. The van der Waals surface area contributed by atoms with E-state index >= 15 is 0 Å². The third-order valence-corrected chi connectivity index (χ3v) is 6.82. The van der Waals surface area contributed by atoms with Gasteiger partial charge in [0.05, 0.1) is 5.88 Å². The summed E-state index contributed by atoms with van der Waals surface area (Å²) in [6.45, 7) is 1.71. The fraction of sp³-hybridized carbons (Fsp3) is 0.286. The average Bonchev–Trinajstić information content (AvgIpc) is 2.83. The number of halogens is 2. The van der Waals surface area contributed by atoms with Crippen LogP contribution in [0.1, 0.15) is 16.0 Å². The summed E-state index contributed by atoms with van der Waals surface area (Å²) in [6.07, 6.45) is 0. The Morgan fingerprint density at radius 2 is 2.00 bits per heavy atom. The summed E-state index contributed by atoms with van der Waals surface area (Å²) in [5, 5.41) is 1.77. The van der Waals surface area contributed by atoms with Crippen LogP contribution in [0.3, 0.4) is 0 Å². The van der Waals surface area contributed by atoms with E-state index in [1.54, 1.807) is 30.5 Å². The average molecular weight is 348 g/mol. The molecule has 2 aromatic rings. The van der Waals surface area contributed by atoms with Gasteiger partial charge in [0.2, 0.25) is 10.0 Å². The highest BCUT2D eigenvalue weighted by molar-refractivity contribution is 7.89. The highest BCUT2D eigenvalue weighted by Gasteiger charge is 2.27. The van der Waals surface area contributed by atoms with Gasteiger partial charge in [-0.2, -0.15) is 4.31 Å². The Morgan fingerprint density at radius 1 is 1.33 bits per heavy atom. The van der Waals surface area contributed by atoms with Crippen molar-refractivity contribution in [1.82, 2.24) is 4.31 Å². The maximum Gasteiger partial charge on any atom is 0.244 e. The fourth-order valence-corrected chi connectivity index (χ4v) is 5.18. The third kappa shape index (κ3) is 3.29. The van der Waals surface area contributed by atoms with Crippen molar-refractivity contribution >= 4 is 33.0 Å². The van der Waals surface area contributed by atoms with Gasteiger partial charge in [-0.15, -0.1) is 22.9 Å². The van der Waals surface area contributed by atoms with Crippen LogP contribution in [0, 0.1) is 12.7 Å². The second kappa shape index (κ2) is 6.44. The number of alkyl halides is 1. The van der Waals surface area contributed by atoms with Crippen molar-refractivity contribution in [1.29, 1.82) is 0 Å². The summed E-state index contributed by atoms with van der Waals surface area (Å²) in [5.74, 6) is -0.278. The minimum absolute atomic E-state index is 0.0218. The summed E-state index contributed by atoms with van der Waals surface area (Å²) < 4.78 is 40.1. The molecule has 0 spiro atoms. The monoisotopic (exact) mass is 347 g/mol. The van der Waals surface area contributed by atoms with Crippen LogP contribution in [-0.4, -0.2) is 19.8 Å². The first-order valence-corrected chi connectivity index (χ1v) is 9.06. The zero-order valence-corrected chi connectivity index (χ0v) is 14.0. The molecule has 0 amide bonds. The number of rotatable bonds is 5. The Labute approximate surface area is 133 Å². The summed E-state index contributed by atoms with van der Waals surface area (Å²) >= 11 is 7.13. The number of benzene rings is 1. The van der Waals surface area contributed by atoms with Crippen LogP contribution in [0.2, 0.25) is 0 Å². The molecule has 3 nitrogen and oxygen atoms in total. The van der Waals surface area contributed by atoms with Gasteiger partial charge in [0, 0.05) is 24.0 Å². The number of aryl methyl sites for hydroxylation is 1. The fourth-order valence-electron chi connectivity index (χ4n) is 2.03. The maximum absolute atomic E-state index is 13.7. The summed E-state index contributed by atoms with van der Waals surface area (Å²) in [4.78, 5) is 0.843. The molecule has 0 N–H and O–H groups in total. The molecule has 0 aliphatic rings. The SMILES string of the molecule is Cc1csc(CCl)c1S(=O)(=O)N(C)Cc1ccccc1F. The highest BCUT2D eigenvalue weighted by Crippen LogP contribution is 2.30. The normalized spacial score (nSPS) is 12.0. The zero-order chi connectivity index (χ0) is 15.6. The van der Waals surface area contributed by atoms with Gasteiger partial charge in [-0.25, -0.2) is 12.8 Å². The molecule has 21 heavy (non-hydrogen) atoms. The van der Waals surface area contributed by atoms with E-state index in [1.807, 2.05) is 0 Å². The van der Waals surface area contributed by atoms with Gasteiger partial charge in [-0.1, -0.05) is 18.2 Å². The lowest BCUT2D eigenvalue weighted by atomic mass is 10.2. The number of nitrogens with zero attached hydrogens (tertiary/aromatic N) is 1. The van der Waals surface area contributed by atoms with Crippen molar-refractivity contribution in [3.8, 4) is 0 Å². The lowest BCUT2D eigenvalue weighted by Crippen LogP contribution is -2.27. The molecule has 0 saturated carbocycles. The Bertz CT molecular complexity index is 743. The van der Waals surface area contributed by atoms with Crippen LogP contribution in [0.25, 0.3) is 0 Å². The number of hydrogen-bond donors (Lipinski definition) is 0. The molecule has 0 fully saturated rings. The van der Waals surface area contributed by atoms with Gasteiger partial charge >= 0.3 is 0 Å². The van der Waals surface area contributed by atoms with Gasteiger partial charge in [0.15, 0.2) is 0 Å². The molecule has 1 aromatic heterocycles. The molecule has 7 heteroatoms. The van der Waals surface area contributed by atoms with Crippen LogP contribution in [0.5, 0.6) is 0 Å². The van der Waals surface area contributed by atoms with Crippen LogP contribution >= 0.6 is 22.9 Å². The van der Waals surface area contributed by atoms with Gasteiger partial charge < -0.3 is 0 Å². The molecule has 0 unspecified atom stereocenters. The van der Waals surface area contributed by atoms with Crippen molar-refractivity contribution in [3.63, 3.8) is 0 Å². The minimum Gasteiger partial charge on any atom is -0.207 e. The van der Waals surface area contributed by atoms with Gasteiger partial charge in [0.1, 0.15) is 10.7 Å². The molecule has 0 aliphatic heterocycles. The summed E-state index contributed by atoms with van der Waals surface area (Å²) in [7, 11) is -2.25. The topological polar surface area (TPSA) is 37.4 Å². The van der Waals surface area contributed by atoms with Crippen molar-refractivity contribution in [3.05, 3.63) is 51.5 Å². The molecular formula is C14H15ClFNO2S2. The maximum atomic E-state index is 13.7. The molecule has 0 radical (unpaired) electrons. The summed E-state index contributed by atoms with van der Waals surface area (Å²) in [5.41, 5.74) is 1.000. The molecule has 0 aliphatic carbocycles. The predicted molar refractivity (Wildman–Crippen MR) is 83.7 cm³/mol. The quantitative estimate of drug-likeness (QED) is 0.772. The molecule has 0 saturated heterocycles. The molecular weight excluding hydrogens is 333 g/mol. The number of hydrogen-bond acceptors (Lipinski definition) is 3. The first-order valence-electron chi connectivity index (χ1n) is 6.20. The minimum atomic E-state index is -3.69. The van der Waals surface area contributed by atoms with Gasteiger partial charge in [0.25, 0.3) is 0 Å². The van der Waals surface area contributed by atoms with Crippen molar-refractivity contribution in [2.75, 3.05) is 7.05 Å². The van der Waals surface area contributed by atoms with Gasteiger partial charge in [-0.05, 0) is 23.9 Å². The smallest absolute Gasteiger partial charge is 0.207 e. The molecule has 2 rings (SSSR count). The Balaban J connectivity index is 2.35. The van der Waals surface area contributed by atoms with Crippen LogP contribution < -0.4 is 0 Å². The van der Waals surface area contributed by atoms with E-state index in [0.29, 0.717) is 16.0 Å². The molecule has 0 bridgehead atoms. The van der Waals surface area contributed by atoms with Crippen LogP contribution in [0.15, 0.2) is 34.5 Å². The Hall–Kier alpha value is -0.950. The zero-order valence-electron chi connectivity index (χ0n) is 11.6. The van der Waals surface area contributed by atoms with Gasteiger partial charge in [-0.3, -0.25) is 0 Å². The highest BCUT2D eigenvalue weighted by atomic mass is 35.5. The molecule has 114 valence electrons. The van der Waals surface area contributed by atoms with E-state index in [2.05, 4.69) is 0 Å². The van der Waals surface area contributed by atoms with E-state index in [4.69, 9.17) is 11.6 Å². The van der Waals surface area contributed by atoms with E-state index < -0.39 is 15.8 Å². The predicted octanol–water partition coefficient (Wildman–Crippen LogP) is 3.76. The first kappa shape index (κ1) is 16.4. The lowest BCUT2D eigenvalue weighted by molar-refractivity contribution is 0.456. The van der Waals surface area contributed by atoms with Crippen molar-refractivity contribution < 1.29 is 12.8 Å². The van der Waals surface area contributed by atoms with Crippen LogP contribution in [0.4, 0.5) is 4.39 Å². The largest absolute Gasteiger partial charge is 0.244 e. The Kier molecular flexibility index (Phi) is 5.03. The van der Waals surface area contributed by atoms with Crippen LogP contribution in [-0.2, 0) is 22.4 Å². The van der Waals surface area contributed by atoms with Crippen molar-refractivity contribution in [2.45, 2.75) is 24.2 Å². The van der Waals surface area contributed by atoms with E-state index in [9.17, 15) is 12.8 Å². The van der Waals surface area contributed by atoms with Crippen molar-refractivity contribution in [2.24, 2.45) is 0 Å². The summed E-state index contributed by atoms with van der Waals surface area (Å²) in [6, 6.07) is 6.14. The lowest BCUT2D eigenvalue weighted by Gasteiger charge is -2.18. The number of sulfonamides is 1. The second-order valence-corrected chi connectivity index (χ2v) is 7.87. The third-order valence-electron chi connectivity index (χ3n) is 3.13. The standard InChI is InChI=1S/C14H15ClFNO2S2/c1-10-9-20-13(7-15)14(10)21(18,19)17(2)8-11-5-3-4-6-12(11)16/h3-6,9H,7-8H2,1-2H3. The van der Waals surface area contributed by atoms with E-state index in [1.165, 1.54) is 24.5 Å². The second-order valence-electron chi connectivity index (χ2n) is 4.66. The molecule has 1 heterocycles.